The second-order valence-corrected chi connectivity index (χ2v) is 7.06. The molecular formula is C22H27N3O2. The minimum Gasteiger partial charge on any atom is -0.355 e. The van der Waals surface area contributed by atoms with Crippen LogP contribution in [0.15, 0.2) is 54.9 Å². The van der Waals surface area contributed by atoms with E-state index in [0.717, 1.165) is 24.8 Å². The van der Waals surface area contributed by atoms with Crippen molar-refractivity contribution in [3.05, 3.63) is 66.0 Å². The quantitative estimate of drug-likeness (QED) is 0.782. The van der Waals surface area contributed by atoms with Crippen LogP contribution in [0.1, 0.15) is 30.4 Å². The number of rotatable bonds is 8. The van der Waals surface area contributed by atoms with Crippen LogP contribution in [0.2, 0.25) is 0 Å². The van der Waals surface area contributed by atoms with Crippen molar-refractivity contribution >= 4 is 11.8 Å². The predicted octanol–water partition coefficient (Wildman–Crippen LogP) is 2.61. The number of pyridine rings is 1. The third-order valence-electron chi connectivity index (χ3n) is 5.07. The van der Waals surface area contributed by atoms with Gasteiger partial charge in [0.15, 0.2) is 0 Å². The normalized spacial score (nSPS) is 17.0. The first-order chi connectivity index (χ1) is 13.2. The van der Waals surface area contributed by atoms with Gasteiger partial charge in [0.05, 0.1) is 5.92 Å². The second-order valence-electron chi connectivity index (χ2n) is 7.06. The van der Waals surface area contributed by atoms with Crippen molar-refractivity contribution < 1.29 is 9.59 Å². The highest BCUT2D eigenvalue weighted by Crippen LogP contribution is 2.18. The third kappa shape index (κ3) is 5.91. The van der Waals surface area contributed by atoms with Crippen LogP contribution in [0.25, 0.3) is 0 Å². The summed E-state index contributed by atoms with van der Waals surface area (Å²) in [4.78, 5) is 30.5. The molecular weight excluding hydrogens is 338 g/mol. The molecule has 0 aliphatic carbocycles. The standard InChI is InChI=1S/C22H27N3O2/c26-21-9-8-20(22(27)24-15-12-19-10-13-23-14-11-19)17-25(21)16-4-7-18-5-2-1-3-6-18/h1-3,5-6,10-11,13-14,20H,4,7-9,12,15-17H2,(H,24,27)/t20-/m1/s1. The number of hydrogen-bond acceptors (Lipinski definition) is 3. The number of benzene rings is 1. The molecule has 3 rings (SSSR count). The molecule has 2 heterocycles. The van der Waals surface area contributed by atoms with E-state index in [9.17, 15) is 9.59 Å². The fourth-order valence-electron chi connectivity index (χ4n) is 3.49. The number of hydrogen-bond donors (Lipinski definition) is 1. The smallest absolute Gasteiger partial charge is 0.224 e. The maximum absolute atomic E-state index is 12.5. The molecule has 27 heavy (non-hydrogen) atoms. The van der Waals surface area contributed by atoms with Crippen LogP contribution in [-0.4, -0.2) is 41.3 Å². The van der Waals surface area contributed by atoms with Crippen LogP contribution >= 0.6 is 0 Å². The summed E-state index contributed by atoms with van der Waals surface area (Å²) in [6.45, 7) is 1.87. The Bertz CT molecular complexity index is 734. The molecule has 1 fully saturated rings. The summed E-state index contributed by atoms with van der Waals surface area (Å²) < 4.78 is 0. The van der Waals surface area contributed by atoms with Crippen LogP contribution in [0.3, 0.4) is 0 Å². The second kappa shape index (κ2) is 9.86. The van der Waals surface area contributed by atoms with E-state index in [2.05, 4.69) is 22.4 Å². The molecule has 2 aromatic rings. The summed E-state index contributed by atoms with van der Waals surface area (Å²) in [5, 5.41) is 3.02. The van der Waals surface area contributed by atoms with Gasteiger partial charge >= 0.3 is 0 Å². The summed E-state index contributed by atoms with van der Waals surface area (Å²) in [5.74, 6) is 0.130. The first-order valence-electron chi connectivity index (χ1n) is 9.70. The van der Waals surface area contributed by atoms with Crippen molar-refractivity contribution in [2.75, 3.05) is 19.6 Å². The molecule has 0 spiro atoms. The Balaban J connectivity index is 1.41. The van der Waals surface area contributed by atoms with E-state index in [-0.39, 0.29) is 17.7 Å². The Hall–Kier alpha value is -2.69. The number of carbonyl (C=O) groups excluding carboxylic acids is 2. The SMILES string of the molecule is O=C(NCCc1ccncc1)[C@@H]1CCC(=O)N(CCCc2ccccc2)C1. The van der Waals surface area contributed by atoms with Gasteiger partial charge in [-0.15, -0.1) is 0 Å². The van der Waals surface area contributed by atoms with Crippen molar-refractivity contribution in [2.24, 2.45) is 5.92 Å². The number of amides is 2. The zero-order valence-corrected chi connectivity index (χ0v) is 15.6. The zero-order valence-electron chi connectivity index (χ0n) is 15.6. The highest BCUT2D eigenvalue weighted by Gasteiger charge is 2.29. The number of nitrogens with one attached hydrogen (secondary N) is 1. The van der Waals surface area contributed by atoms with Crippen LogP contribution in [-0.2, 0) is 22.4 Å². The molecule has 1 saturated heterocycles. The van der Waals surface area contributed by atoms with Gasteiger partial charge in [0.25, 0.3) is 0 Å². The van der Waals surface area contributed by atoms with Gasteiger partial charge in [0, 0.05) is 38.4 Å². The maximum Gasteiger partial charge on any atom is 0.224 e. The predicted molar refractivity (Wildman–Crippen MR) is 105 cm³/mol. The summed E-state index contributed by atoms with van der Waals surface area (Å²) in [6, 6.07) is 14.2. The number of likely N-dealkylation sites (tertiary alicyclic amines) is 1. The molecule has 142 valence electrons. The molecule has 0 radical (unpaired) electrons. The van der Waals surface area contributed by atoms with Crippen LogP contribution in [0, 0.1) is 5.92 Å². The maximum atomic E-state index is 12.5. The first kappa shape index (κ1) is 19.1. The summed E-state index contributed by atoms with van der Waals surface area (Å²) in [7, 11) is 0. The van der Waals surface area contributed by atoms with Crippen molar-refractivity contribution in [1.82, 2.24) is 15.2 Å². The van der Waals surface area contributed by atoms with E-state index in [1.165, 1.54) is 5.56 Å². The van der Waals surface area contributed by atoms with E-state index in [0.29, 0.717) is 32.5 Å². The molecule has 1 aromatic carbocycles. The van der Waals surface area contributed by atoms with Crippen LogP contribution in [0.5, 0.6) is 0 Å². The fourth-order valence-corrected chi connectivity index (χ4v) is 3.49. The number of carbonyl (C=O) groups is 2. The highest BCUT2D eigenvalue weighted by molar-refractivity contribution is 5.83. The average molecular weight is 365 g/mol. The summed E-state index contributed by atoms with van der Waals surface area (Å²) in [5.41, 5.74) is 2.44. The van der Waals surface area contributed by atoms with Gasteiger partial charge in [-0.2, -0.15) is 0 Å². The molecule has 1 atom stereocenters. The summed E-state index contributed by atoms with van der Waals surface area (Å²) in [6.07, 6.45) is 7.30. The molecule has 1 aliphatic heterocycles. The van der Waals surface area contributed by atoms with Crippen molar-refractivity contribution in [3.8, 4) is 0 Å². The van der Waals surface area contributed by atoms with Gasteiger partial charge in [-0.1, -0.05) is 30.3 Å². The van der Waals surface area contributed by atoms with Gasteiger partial charge in [0.1, 0.15) is 0 Å². The Morgan fingerprint density at radius 1 is 1.07 bits per heavy atom. The molecule has 0 bridgehead atoms. The van der Waals surface area contributed by atoms with E-state index in [4.69, 9.17) is 0 Å². The monoisotopic (exact) mass is 365 g/mol. The molecule has 5 nitrogen and oxygen atoms in total. The van der Waals surface area contributed by atoms with Gasteiger partial charge in [-0.25, -0.2) is 0 Å². The van der Waals surface area contributed by atoms with E-state index in [1.54, 1.807) is 12.4 Å². The van der Waals surface area contributed by atoms with Crippen molar-refractivity contribution in [2.45, 2.75) is 32.1 Å². The number of nitrogens with zero attached hydrogens (tertiary/aromatic N) is 2. The van der Waals surface area contributed by atoms with E-state index >= 15 is 0 Å². The lowest BCUT2D eigenvalue weighted by molar-refractivity contribution is -0.138. The lowest BCUT2D eigenvalue weighted by atomic mass is 9.96. The molecule has 1 N–H and O–H groups in total. The average Bonchev–Trinajstić information content (AvgIpc) is 2.71. The molecule has 1 aliphatic rings. The molecule has 0 saturated carbocycles. The van der Waals surface area contributed by atoms with E-state index in [1.807, 2.05) is 35.2 Å². The molecule has 1 aromatic heterocycles. The third-order valence-corrected chi connectivity index (χ3v) is 5.07. The lowest BCUT2D eigenvalue weighted by Gasteiger charge is -2.32. The molecule has 2 amide bonds. The number of piperidine rings is 1. The largest absolute Gasteiger partial charge is 0.355 e. The Labute approximate surface area is 160 Å². The van der Waals surface area contributed by atoms with Gasteiger partial charge in [-0.3, -0.25) is 14.6 Å². The minimum absolute atomic E-state index is 0.0598. The first-order valence-corrected chi connectivity index (χ1v) is 9.70. The van der Waals surface area contributed by atoms with E-state index < -0.39 is 0 Å². The Kier molecular flexibility index (Phi) is 6.97. The Morgan fingerprint density at radius 3 is 2.59 bits per heavy atom. The topological polar surface area (TPSA) is 62.3 Å². The van der Waals surface area contributed by atoms with Gasteiger partial charge in [0.2, 0.25) is 11.8 Å². The number of aryl methyl sites for hydroxylation is 1. The summed E-state index contributed by atoms with van der Waals surface area (Å²) >= 11 is 0. The van der Waals surface area contributed by atoms with Gasteiger partial charge < -0.3 is 10.2 Å². The van der Waals surface area contributed by atoms with Crippen molar-refractivity contribution in [1.29, 1.82) is 0 Å². The highest BCUT2D eigenvalue weighted by atomic mass is 16.2. The van der Waals surface area contributed by atoms with Gasteiger partial charge in [-0.05, 0) is 48.9 Å². The zero-order chi connectivity index (χ0) is 18.9. The van der Waals surface area contributed by atoms with Crippen LogP contribution < -0.4 is 5.32 Å². The fraction of sp³-hybridized carbons (Fsp3) is 0.409. The minimum atomic E-state index is -0.100. The van der Waals surface area contributed by atoms with Crippen LogP contribution in [0.4, 0.5) is 0 Å². The Morgan fingerprint density at radius 2 is 1.81 bits per heavy atom. The molecule has 0 unspecified atom stereocenters. The van der Waals surface area contributed by atoms with Crippen molar-refractivity contribution in [3.63, 3.8) is 0 Å². The molecule has 5 heteroatoms. The number of aromatic nitrogens is 1. The lowest BCUT2D eigenvalue weighted by Crippen LogP contribution is -2.46.